The first-order valence-corrected chi connectivity index (χ1v) is 8.41. The summed E-state index contributed by atoms with van der Waals surface area (Å²) in [6.45, 7) is 2.20. The second kappa shape index (κ2) is 10.6. The molecule has 2 rings (SSSR count). The molecular weight excluding hydrogens is 284 g/mol. The Morgan fingerprint density at radius 2 is 1.96 bits per heavy atom. The van der Waals surface area contributed by atoms with E-state index in [9.17, 15) is 0 Å². The van der Waals surface area contributed by atoms with Crippen LogP contribution in [0.15, 0.2) is 66.9 Å². The zero-order valence-electron chi connectivity index (χ0n) is 13.8. The topological polar surface area (TPSA) is 34.1 Å². The normalized spacial score (nSPS) is 12.4. The molecule has 1 aromatic carbocycles. The van der Waals surface area contributed by atoms with Crippen LogP contribution in [0, 0.1) is 0 Å². The van der Waals surface area contributed by atoms with Crippen LogP contribution < -0.4 is 5.48 Å². The maximum absolute atomic E-state index is 5.78. The summed E-state index contributed by atoms with van der Waals surface area (Å²) in [5.74, 6) is 0.742. The molecule has 0 aliphatic carbocycles. The van der Waals surface area contributed by atoms with E-state index in [4.69, 9.17) is 4.84 Å². The maximum atomic E-state index is 5.78. The summed E-state index contributed by atoms with van der Waals surface area (Å²) in [4.78, 5) is 9.99. The fourth-order valence-corrected chi connectivity index (χ4v) is 2.30. The third-order valence-electron chi connectivity index (χ3n) is 3.62. The van der Waals surface area contributed by atoms with Crippen molar-refractivity contribution in [3.8, 4) is 0 Å². The van der Waals surface area contributed by atoms with Gasteiger partial charge in [-0.3, -0.25) is 4.84 Å². The van der Waals surface area contributed by atoms with Crippen LogP contribution in [0.3, 0.4) is 0 Å². The van der Waals surface area contributed by atoms with Gasteiger partial charge in [-0.2, -0.15) is 0 Å². The highest BCUT2D eigenvalue weighted by Crippen LogP contribution is 2.10. The first kappa shape index (κ1) is 17.2. The van der Waals surface area contributed by atoms with E-state index in [1.807, 2.05) is 18.2 Å². The Bertz CT molecular complexity index is 554. The molecule has 0 aliphatic rings. The van der Waals surface area contributed by atoms with E-state index in [1.165, 1.54) is 12.0 Å². The third kappa shape index (κ3) is 7.11. The summed E-state index contributed by atoms with van der Waals surface area (Å²) < 4.78 is 0. The number of nitrogens with one attached hydrogen (secondary N) is 1. The quantitative estimate of drug-likeness (QED) is 0.485. The average Bonchev–Trinajstić information content (AvgIpc) is 2.62. The van der Waals surface area contributed by atoms with E-state index in [2.05, 4.69) is 59.9 Å². The summed E-state index contributed by atoms with van der Waals surface area (Å²) >= 11 is 0. The molecule has 0 fully saturated rings. The predicted octanol–water partition coefficient (Wildman–Crippen LogP) is 5.17. The Hall–Kier alpha value is -2.13. The highest BCUT2D eigenvalue weighted by atomic mass is 16.7. The van der Waals surface area contributed by atoms with Crippen LogP contribution >= 0.6 is 0 Å². The summed E-state index contributed by atoms with van der Waals surface area (Å²) in [7, 11) is 0. The minimum Gasteiger partial charge on any atom is -0.267 e. The molecule has 0 aliphatic heterocycles. The Balaban J connectivity index is 1.78. The van der Waals surface area contributed by atoms with Crippen LogP contribution in [0.1, 0.15) is 38.2 Å². The number of anilines is 1. The van der Waals surface area contributed by atoms with Gasteiger partial charge in [0.05, 0.1) is 0 Å². The van der Waals surface area contributed by atoms with Crippen molar-refractivity contribution in [2.45, 2.75) is 45.1 Å². The lowest BCUT2D eigenvalue weighted by Gasteiger charge is -2.14. The minimum atomic E-state index is 0.0766. The van der Waals surface area contributed by atoms with E-state index in [1.54, 1.807) is 6.20 Å². The minimum absolute atomic E-state index is 0.0766. The van der Waals surface area contributed by atoms with Crippen LogP contribution in [0.25, 0.3) is 0 Å². The number of hydrogen-bond acceptors (Lipinski definition) is 3. The van der Waals surface area contributed by atoms with Crippen molar-refractivity contribution in [3.63, 3.8) is 0 Å². The number of nitrogens with zero attached hydrogens (tertiary/aromatic N) is 1. The van der Waals surface area contributed by atoms with E-state index in [0.717, 1.165) is 31.5 Å². The molecule has 0 radical (unpaired) electrons. The molecule has 0 saturated carbocycles. The Morgan fingerprint density at radius 3 is 2.70 bits per heavy atom. The highest BCUT2D eigenvalue weighted by molar-refractivity contribution is 5.30. The molecule has 1 N–H and O–H groups in total. The molecule has 0 spiro atoms. The van der Waals surface area contributed by atoms with Crippen molar-refractivity contribution in [2.24, 2.45) is 0 Å². The first-order chi connectivity index (χ1) is 11.4. The predicted molar refractivity (Wildman–Crippen MR) is 96.2 cm³/mol. The maximum Gasteiger partial charge on any atom is 0.149 e. The SMILES string of the molecule is CCCC[C@@H](/C=C/CCc1ccccc1)ONc1ccccn1. The fourth-order valence-electron chi connectivity index (χ4n) is 2.30. The van der Waals surface area contributed by atoms with Crippen LogP contribution in [-0.4, -0.2) is 11.1 Å². The number of aromatic nitrogens is 1. The van der Waals surface area contributed by atoms with Gasteiger partial charge >= 0.3 is 0 Å². The molecule has 23 heavy (non-hydrogen) atoms. The van der Waals surface area contributed by atoms with Gasteiger partial charge in [0.2, 0.25) is 0 Å². The summed E-state index contributed by atoms with van der Waals surface area (Å²) in [6.07, 6.45) is 11.6. The van der Waals surface area contributed by atoms with E-state index < -0.39 is 0 Å². The Kier molecular flexibility index (Phi) is 7.92. The summed E-state index contributed by atoms with van der Waals surface area (Å²) in [5.41, 5.74) is 4.32. The van der Waals surface area contributed by atoms with Crippen LogP contribution in [0.4, 0.5) is 5.82 Å². The van der Waals surface area contributed by atoms with E-state index in [-0.39, 0.29) is 6.10 Å². The molecule has 3 heteroatoms. The average molecular weight is 310 g/mol. The number of pyridine rings is 1. The smallest absolute Gasteiger partial charge is 0.149 e. The molecule has 3 nitrogen and oxygen atoms in total. The molecule has 1 aromatic heterocycles. The fraction of sp³-hybridized carbons (Fsp3) is 0.350. The van der Waals surface area contributed by atoms with E-state index in [0.29, 0.717) is 0 Å². The van der Waals surface area contributed by atoms with Crippen molar-refractivity contribution >= 4 is 5.82 Å². The molecule has 0 bridgehead atoms. The number of hydrogen-bond donors (Lipinski definition) is 1. The zero-order chi connectivity index (χ0) is 16.2. The number of rotatable bonds is 10. The van der Waals surface area contributed by atoms with Gasteiger partial charge in [0.1, 0.15) is 11.9 Å². The lowest BCUT2D eigenvalue weighted by molar-refractivity contribution is 0.126. The van der Waals surface area contributed by atoms with Crippen molar-refractivity contribution in [1.29, 1.82) is 0 Å². The van der Waals surface area contributed by atoms with Gasteiger partial charge in [-0.05, 0) is 37.0 Å². The molecule has 122 valence electrons. The van der Waals surface area contributed by atoms with Gasteiger partial charge in [0.15, 0.2) is 0 Å². The van der Waals surface area contributed by atoms with Gasteiger partial charge in [-0.25, -0.2) is 10.5 Å². The lowest BCUT2D eigenvalue weighted by atomic mass is 10.1. The molecular formula is C20H26N2O. The molecule has 0 amide bonds. The second-order valence-corrected chi connectivity index (χ2v) is 5.57. The highest BCUT2D eigenvalue weighted by Gasteiger charge is 2.05. The van der Waals surface area contributed by atoms with E-state index >= 15 is 0 Å². The van der Waals surface area contributed by atoms with Crippen molar-refractivity contribution < 1.29 is 4.84 Å². The van der Waals surface area contributed by atoms with Gasteiger partial charge < -0.3 is 0 Å². The monoisotopic (exact) mass is 310 g/mol. The van der Waals surface area contributed by atoms with Crippen molar-refractivity contribution in [3.05, 3.63) is 72.4 Å². The number of allylic oxidation sites excluding steroid dienone is 1. The number of benzene rings is 1. The van der Waals surface area contributed by atoms with Crippen LogP contribution in [-0.2, 0) is 11.3 Å². The zero-order valence-corrected chi connectivity index (χ0v) is 13.8. The summed E-state index contributed by atoms with van der Waals surface area (Å²) in [6, 6.07) is 16.3. The van der Waals surface area contributed by atoms with Gasteiger partial charge in [-0.1, -0.05) is 68.3 Å². The van der Waals surface area contributed by atoms with Gasteiger partial charge in [-0.15, -0.1) is 0 Å². The number of aryl methyl sites for hydroxylation is 1. The van der Waals surface area contributed by atoms with Gasteiger partial charge in [0.25, 0.3) is 0 Å². The Morgan fingerprint density at radius 1 is 1.13 bits per heavy atom. The molecule has 1 atom stereocenters. The third-order valence-corrected chi connectivity index (χ3v) is 3.62. The second-order valence-electron chi connectivity index (χ2n) is 5.57. The number of unbranched alkanes of at least 4 members (excludes halogenated alkanes) is 1. The molecule has 0 unspecified atom stereocenters. The largest absolute Gasteiger partial charge is 0.267 e. The molecule has 1 heterocycles. The standard InChI is InChI=1S/C20H26N2O/c1-2-3-14-19(23-22-20-16-9-10-17-21-20)15-8-7-13-18-11-5-4-6-12-18/h4-6,8-12,15-17,19H,2-3,7,13-14H2,1H3,(H,21,22)/b15-8+/t19-/m0/s1. The van der Waals surface area contributed by atoms with Crippen LogP contribution in [0.2, 0.25) is 0 Å². The molecule has 2 aromatic rings. The van der Waals surface area contributed by atoms with Gasteiger partial charge in [0, 0.05) is 6.20 Å². The van der Waals surface area contributed by atoms with Crippen molar-refractivity contribution in [1.82, 2.24) is 4.98 Å². The lowest BCUT2D eigenvalue weighted by Crippen LogP contribution is -2.15. The first-order valence-electron chi connectivity index (χ1n) is 8.41. The van der Waals surface area contributed by atoms with Crippen LogP contribution in [0.5, 0.6) is 0 Å². The summed E-state index contributed by atoms with van der Waals surface area (Å²) in [5, 5.41) is 0. The van der Waals surface area contributed by atoms with Crippen molar-refractivity contribution in [2.75, 3.05) is 5.48 Å². The molecule has 0 saturated heterocycles. The Labute approximate surface area is 139 Å².